The van der Waals surface area contributed by atoms with Gasteiger partial charge in [0.25, 0.3) is 0 Å². The van der Waals surface area contributed by atoms with Crippen molar-refractivity contribution in [1.29, 1.82) is 0 Å². The molecule has 0 unspecified atom stereocenters. The van der Waals surface area contributed by atoms with Crippen LogP contribution in [0.25, 0.3) is 0 Å². The van der Waals surface area contributed by atoms with E-state index < -0.39 is 0 Å². The van der Waals surface area contributed by atoms with Crippen LogP contribution in [0.1, 0.15) is 30.9 Å². The molecule has 0 saturated carbocycles. The molecule has 1 aliphatic heterocycles. The van der Waals surface area contributed by atoms with E-state index in [1.807, 2.05) is 11.8 Å². The van der Waals surface area contributed by atoms with Crippen molar-refractivity contribution in [3.05, 3.63) is 27.7 Å². The second-order valence-corrected chi connectivity index (χ2v) is 7.56. The molecule has 3 nitrogen and oxygen atoms in total. The Labute approximate surface area is 145 Å². The Hall–Kier alpha value is -0.520. The molecule has 1 heterocycles. The fourth-order valence-corrected chi connectivity index (χ4v) is 4.11. The lowest BCUT2D eigenvalue weighted by molar-refractivity contribution is -0.130. The lowest BCUT2D eigenvalue weighted by atomic mass is 10.1. The minimum absolute atomic E-state index is 0.236. The van der Waals surface area contributed by atoms with Gasteiger partial charge in [0.15, 0.2) is 0 Å². The maximum absolute atomic E-state index is 12.4. The van der Waals surface area contributed by atoms with Gasteiger partial charge in [0.05, 0.1) is 11.9 Å². The monoisotopic (exact) mass is 385 g/mol. The van der Waals surface area contributed by atoms with Crippen molar-refractivity contribution in [2.24, 2.45) is 0 Å². The third kappa shape index (κ3) is 4.74. The minimum Gasteiger partial charge on any atom is -0.378 e. The van der Waals surface area contributed by atoms with Gasteiger partial charge in [-0.25, -0.2) is 0 Å². The Balaban J connectivity index is 1.85. The molecule has 1 aromatic rings. The Morgan fingerprint density at radius 1 is 1.32 bits per heavy atom. The molecule has 1 fully saturated rings. The Kier molecular flexibility index (Phi) is 6.78. The van der Waals surface area contributed by atoms with Gasteiger partial charge in [-0.2, -0.15) is 0 Å². The molecule has 0 N–H and O–H groups in total. The van der Waals surface area contributed by atoms with Crippen LogP contribution in [0.4, 0.5) is 0 Å². The lowest BCUT2D eigenvalue weighted by Gasteiger charge is -2.31. The maximum atomic E-state index is 12.4. The molecular weight excluding hydrogens is 362 g/mol. The summed E-state index contributed by atoms with van der Waals surface area (Å²) in [6, 6.07) is 4.27. The van der Waals surface area contributed by atoms with Gasteiger partial charge in [0, 0.05) is 29.1 Å². The second-order valence-electron chi connectivity index (χ2n) is 5.69. The highest BCUT2D eigenvalue weighted by Gasteiger charge is 2.22. The molecule has 22 heavy (non-hydrogen) atoms. The number of thioether (sulfide) groups is 1. The van der Waals surface area contributed by atoms with Crippen molar-refractivity contribution < 1.29 is 9.53 Å². The Bertz CT molecular complexity index is 528. The first-order chi connectivity index (χ1) is 10.5. The standard InChI is InChI=1S/C17H24BrNO2S/c1-4-21-14-5-7-19(8-6-14)17(20)11-22-16-10-12(2)15(18)9-13(16)3/h9-10,14H,4-8,11H2,1-3H3. The van der Waals surface area contributed by atoms with Crippen LogP contribution in [0.3, 0.4) is 0 Å². The normalized spacial score (nSPS) is 16.1. The van der Waals surface area contributed by atoms with Crippen LogP contribution in [0.15, 0.2) is 21.5 Å². The summed E-state index contributed by atoms with van der Waals surface area (Å²) < 4.78 is 6.76. The molecule has 0 spiro atoms. The van der Waals surface area contributed by atoms with Gasteiger partial charge in [-0.15, -0.1) is 11.8 Å². The van der Waals surface area contributed by atoms with Gasteiger partial charge >= 0.3 is 0 Å². The van der Waals surface area contributed by atoms with E-state index in [4.69, 9.17) is 4.74 Å². The van der Waals surface area contributed by atoms with Gasteiger partial charge in [0.2, 0.25) is 5.91 Å². The van der Waals surface area contributed by atoms with Crippen LogP contribution < -0.4 is 0 Å². The molecule has 1 amide bonds. The summed E-state index contributed by atoms with van der Waals surface area (Å²) in [5.74, 6) is 0.751. The van der Waals surface area contributed by atoms with E-state index in [0.717, 1.165) is 37.0 Å². The largest absolute Gasteiger partial charge is 0.378 e. The molecule has 1 aromatic carbocycles. The summed E-state index contributed by atoms with van der Waals surface area (Å²) in [5.41, 5.74) is 2.42. The number of halogens is 1. The number of carbonyl (C=O) groups excluding carboxylic acids is 1. The molecule has 0 radical (unpaired) electrons. The summed E-state index contributed by atoms with van der Waals surface area (Å²) in [5, 5.41) is 0. The third-order valence-corrected chi connectivity index (χ3v) is 6.00. The molecule has 1 saturated heterocycles. The van der Waals surface area contributed by atoms with E-state index in [2.05, 4.69) is 41.9 Å². The predicted octanol–water partition coefficient (Wildman–Crippen LogP) is 4.19. The molecule has 0 aliphatic carbocycles. The fourth-order valence-electron chi connectivity index (χ4n) is 2.65. The zero-order valence-electron chi connectivity index (χ0n) is 13.5. The van der Waals surface area contributed by atoms with Gasteiger partial charge in [-0.3, -0.25) is 4.79 Å². The number of carbonyl (C=O) groups is 1. The number of ether oxygens (including phenoxy) is 1. The van der Waals surface area contributed by atoms with Crippen LogP contribution in [-0.4, -0.2) is 42.4 Å². The van der Waals surface area contributed by atoms with E-state index in [1.165, 1.54) is 16.0 Å². The quantitative estimate of drug-likeness (QED) is 0.711. The summed E-state index contributed by atoms with van der Waals surface area (Å²) >= 11 is 5.18. The van der Waals surface area contributed by atoms with Crippen molar-refractivity contribution in [1.82, 2.24) is 4.90 Å². The second kappa shape index (κ2) is 8.37. The maximum Gasteiger partial charge on any atom is 0.232 e. The zero-order chi connectivity index (χ0) is 16.1. The number of hydrogen-bond donors (Lipinski definition) is 0. The number of benzene rings is 1. The molecule has 0 aromatic heterocycles. The van der Waals surface area contributed by atoms with Crippen LogP contribution >= 0.6 is 27.7 Å². The van der Waals surface area contributed by atoms with Crippen molar-refractivity contribution >= 4 is 33.6 Å². The number of aryl methyl sites for hydroxylation is 2. The fraction of sp³-hybridized carbons (Fsp3) is 0.588. The number of piperidine rings is 1. The molecular formula is C17H24BrNO2S. The van der Waals surface area contributed by atoms with Gasteiger partial charge in [-0.05, 0) is 56.9 Å². The first kappa shape index (κ1) is 17.8. The van der Waals surface area contributed by atoms with E-state index in [0.29, 0.717) is 11.9 Å². The van der Waals surface area contributed by atoms with Gasteiger partial charge < -0.3 is 9.64 Å². The third-order valence-electron chi connectivity index (χ3n) is 4.00. The summed E-state index contributed by atoms with van der Waals surface area (Å²) in [6.07, 6.45) is 2.25. The summed E-state index contributed by atoms with van der Waals surface area (Å²) in [6.45, 7) is 8.59. The predicted molar refractivity (Wildman–Crippen MR) is 95.6 cm³/mol. The van der Waals surface area contributed by atoms with E-state index in [1.54, 1.807) is 11.8 Å². The number of likely N-dealkylation sites (tertiary alicyclic amines) is 1. The topological polar surface area (TPSA) is 29.5 Å². The summed E-state index contributed by atoms with van der Waals surface area (Å²) in [7, 11) is 0. The first-order valence-electron chi connectivity index (χ1n) is 7.80. The van der Waals surface area contributed by atoms with E-state index in [9.17, 15) is 4.79 Å². The Morgan fingerprint density at radius 2 is 2.00 bits per heavy atom. The molecule has 1 aliphatic rings. The summed E-state index contributed by atoms with van der Waals surface area (Å²) in [4.78, 5) is 15.5. The Morgan fingerprint density at radius 3 is 2.64 bits per heavy atom. The van der Waals surface area contributed by atoms with Crippen molar-refractivity contribution in [2.75, 3.05) is 25.4 Å². The van der Waals surface area contributed by atoms with Gasteiger partial charge in [-0.1, -0.05) is 15.9 Å². The van der Waals surface area contributed by atoms with Crippen molar-refractivity contribution in [2.45, 2.75) is 44.6 Å². The smallest absolute Gasteiger partial charge is 0.232 e. The van der Waals surface area contributed by atoms with E-state index >= 15 is 0 Å². The number of nitrogens with zero attached hydrogens (tertiary/aromatic N) is 1. The minimum atomic E-state index is 0.236. The number of hydrogen-bond acceptors (Lipinski definition) is 3. The van der Waals surface area contributed by atoms with Gasteiger partial charge in [0.1, 0.15) is 0 Å². The van der Waals surface area contributed by atoms with Crippen LogP contribution in [0, 0.1) is 13.8 Å². The zero-order valence-corrected chi connectivity index (χ0v) is 15.9. The molecule has 0 atom stereocenters. The highest BCUT2D eigenvalue weighted by atomic mass is 79.9. The SMILES string of the molecule is CCOC1CCN(C(=O)CSc2cc(C)c(Br)cc2C)CC1. The number of rotatable bonds is 5. The molecule has 5 heteroatoms. The lowest BCUT2D eigenvalue weighted by Crippen LogP contribution is -2.41. The van der Waals surface area contributed by atoms with Crippen LogP contribution in [0.5, 0.6) is 0 Å². The molecule has 122 valence electrons. The highest BCUT2D eigenvalue weighted by Crippen LogP contribution is 2.28. The van der Waals surface area contributed by atoms with Crippen molar-refractivity contribution in [3.63, 3.8) is 0 Å². The van der Waals surface area contributed by atoms with Crippen LogP contribution in [-0.2, 0) is 9.53 Å². The first-order valence-corrected chi connectivity index (χ1v) is 9.58. The molecule has 0 bridgehead atoms. The van der Waals surface area contributed by atoms with E-state index in [-0.39, 0.29) is 5.91 Å². The highest BCUT2D eigenvalue weighted by molar-refractivity contribution is 9.10. The average molecular weight is 386 g/mol. The number of amides is 1. The molecule has 2 rings (SSSR count). The van der Waals surface area contributed by atoms with Crippen LogP contribution in [0.2, 0.25) is 0 Å². The van der Waals surface area contributed by atoms with Crippen molar-refractivity contribution in [3.8, 4) is 0 Å². The average Bonchev–Trinajstić information content (AvgIpc) is 2.50.